The summed E-state index contributed by atoms with van der Waals surface area (Å²) in [6.07, 6.45) is 2.61. The van der Waals surface area contributed by atoms with Gasteiger partial charge in [0, 0.05) is 22.8 Å². The summed E-state index contributed by atoms with van der Waals surface area (Å²) in [5, 5.41) is 0. The minimum Gasteiger partial charge on any atom is -0.494 e. The maximum Gasteiger partial charge on any atom is 0.253 e. The summed E-state index contributed by atoms with van der Waals surface area (Å²) < 4.78 is 8.24. The Morgan fingerprint density at radius 1 is 1.26 bits per heavy atom. The van der Waals surface area contributed by atoms with Crippen molar-refractivity contribution < 1.29 is 4.74 Å². The first-order valence-electron chi connectivity index (χ1n) is 6.21. The van der Waals surface area contributed by atoms with Crippen LogP contribution in [0.3, 0.4) is 0 Å². The molecule has 0 saturated heterocycles. The van der Waals surface area contributed by atoms with E-state index in [0.29, 0.717) is 13.2 Å². The molecule has 0 saturated carbocycles. The molecule has 0 aliphatic rings. The number of benzene rings is 1. The second kappa shape index (κ2) is 6.57. The molecule has 4 heteroatoms. The van der Waals surface area contributed by atoms with Gasteiger partial charge in [-0.2, -0.15) is 0 Å². The zero-order valence-corrected chi connectivity index (χ0v) is 12.4. The molecule has 0 atom stereocenters. The normalized spacial score (nSPS) is 10.4. The summed E-state index contributed by atoms with van der Waals surface area (Å²) in [5.41, 5.74) is 0.807. The molecule has 0 spiro atoms. The summed E-state index contributed by atoms with van der Waals surface area (Å²) in [7, 11) is 0. The molecule has 2 aromatic rings. The summed E-state index contributed by atoms with van der Waals surface area (Å²) in [5.74, 6) is 0.861. The zero-order valence-electron chi connectivity index (χ0n) is 10.8. The van der Waals surface area contributed by atoms with Gasteiger partial charge in [0.1, 0.15) is 5.75 Å². The van der Waals surface area contributed by atoms with Crippen molar-refractivity contribution in [1.29, 1.82) is 0 Å². The molecule has 2 rings (SSSR count). The van der Waals surface area contributed by atoms with Gasteiger partial charge >= 0.3 is 0 Å². The molecule has 19 heavy (non-hydrogen) atoms. The van der Waals surface area contributed by atoms with Crippen LogP contribution >= 0.6 is 15.9 Å². The van der Waals surface area contributed by atoms with Crippen molar-refractivity contribution in [3.8, 4) is 5.75 Å². The number of aromatic nitrogens is 1. The van der Waals surface area contributed by atoms with Crippen LogP contribution in [-0.2, 0) is 6.54 Å². The molecular formula is C15H16BrNO2. The van der Waals surface area contributed by atoms with E-state index in [4.69, 9.17) is 4.74 Å². The Labute approximate surface area is 121 Å². The number of pyridine rings is 1. The van der Waals surface area contributed by atoms with Crippen molar-refractivity contribution in [2.24, 2.45) is 0 Å². The summed E-state index contributed by atoms with van der Waals surface area (Å²) in [4.78, 5) is 11.9. The largest absolute Gasteiger partial charge is 0.494 e. The fourth-order valence-electron chi connectivity index (χ4n) is 1.85. The fraction of sp³-hybridized carbons (Fsp3) is 0.267. The Hall–Kier alpha value is -1.55. The van der Waals surface area contributed by atoms with Crippen molar-refractivity contribution in [3.05, 3.63) is 63.0 Å². The highest BCUT2D eigenvalue weighted by Crippen LogP contribution is 2.10. The van der Waals surface area contributed by atoms with Crippen LogP contribution in [0.5, 0.6) is 5.75 Å². The van der Waals surface area contributed by atoms with Gasteiger partial charge in [0.15, 0.2) is 0 Å². The van der Waals surface area contributed by atoms with Crippen molar-refractivity contribution in [2.45, 2.75) is 19.9 Å². The first-order valence-corrected chi connectivity index (χ1v) is 7.00. The summed E-state index contributed by atoms with van der Waals surface area (Å²) in [6, 6.07) is 11.5. The van der Waals surface area contributed by atoms with Crippen molar-refractivity contribution in [1.82, 2.24) is 4.57 Å². The molecule has 0 amide bonds. The second-order valence-electron chi connectivity index (χ2n) is 4.35. The highest BCUT2D eigenvalue weighted by atomic mass is 79.9. The Kier molecular flexibility index (Phi) is 4.80. The minimum absolute atomic E-state index is 0.0583. The van der Waals surface area contributed by atoms with Crippen LogP contribution in [0, 0.1) is 6.92 Å². The third-order valence-electron chi connectivity index (χ3n) is 2.79. The maximum atomic E-state index is 11.9. The Bertz CT molecular complexity index is 593. The molecule has 0 N–H and O–H groups in total. The van der Waals surface area contributed by atoms with Crippen LogP contribution in [0.2, 0.25) is 0 Å². The van der Waals surface area contributed by atoms with E-state index < -0.39 is 0 Å². The number of nitrogens with zero attached hydrogens (tertiary/aromatic N) is 1. The monoisotopic (exact) mass is 321 g/mol. The average molecular weight is 322 g/mol. The first-order chi connectivity index (χ1) is 9.16. The number of aryl methyl sites for hydroxylation is 2. The lowest BCUT2D eigenvalue weighted by Crippen LogP contribution is -2.22. The third kappa shape index (κ3) is 3.96. The van der Waals surface area contributed by atoms with Crippen LogP contribution in [-0.4, -0.2) is 11.2 Å². The number of halogens is 1. The Balaban J connectivity index is 1.88. The van der Waals surface area contributed by atoms with Gasteiger partial charge < -0.3 is 9.30 Å². The van der Waals surface area contributed by atoms with E-state index in [2.05, 4.69) is 15.9 Å². The predicted molar refractivity (Wildman–Crippen MR) is 79.7 cm³/mol. The number of hydrogen-bond donors (Lipinski definition) is 0. The predicted octanol–water partition coefficient (Wildman–Crippen LogP) is 3.39. The number of para-hydroxylation sites is 1. The SMILES string of the molecule is Cc1cc(Br)cn(CCCOc2ccccc2)c1=O. The standard InChI is InChI=1S/C15H16BrNO2/c1-12-10-13(16)11-17(15(12)18)8-5-9-19-14-6-3-2-4-7-14/h2-4,6-7,10-11H,5,8-9H2,1H3. The lowest BCUT2D eigenvalue weighted by Gasteiger charge is -2.09. The molecule has 3 nitrogen and oxygen atoms in total. The van der Waals surface area contributed by atoms with Crippen molar-refractivity contribution in [3.63, 3.8) is 0 Å². The van der Waals surface area contributed by atoms with Crippen molar-refractivity contribution in [2.75, 3.05) is 6.61 Å². The van der Waals surface area contributed by atoms with Crippen LogP contribution in [0.1, 0.15) is 12.0 Å². The molecule has 100 valence electrons. The summed E-state index contributed by atoms with van der Waals surface area (Å²) >= 11 is 3.40. The maximum absolute atomic E-state index is 11.9. The summed E-state index contributed by atoms with van der Waals surface area (Å²) in [6.45, 7) is 3.08. The van der Waals surface area contributed by atoms with Gasteiger partial charge in [-0.3, -0.25) is 4.79 Å². The van der Waals surface area contributed by atoms with Crippen LogP contribution in [0.15, 0.2) is 51.9 Å². The smallest absolute Gasteiger partial charge is 0.253 e. The van der Waals surface area contributed by atoms with Crippen LogP contribution in [0.4, 0.5) is 0 Å². The quantitative estimate of drug-likeness (QED) is 0.790. The Morgan fingerprint density at radius 3 is 2.74 bits per heavy atom. The first kappa shape index (κ1) is 13.9. The molecule has 0 aliphatic heterocycles. The van der Waals surface area contributed by atoms with Crippen LogP contribution in [0.25, 0.3) is 0 Å². The average Bonchev–Trinajstić information content (AvgIpc) is 2.41. The van der Waals surface area contributed by atoms with Crippen LogP contribution < -0.4 is 10.3 Å². The van der Waals surface area contributed by atoms with Gasteiger partial charge in [0.25, 0.3) is 5.56 Å². The number of ether oxygens (including phenoxy) is 1. The van der Waals surface area contributed by atoms with E-state index in [0.717, 1.165) is 22.2 Å². The van der Waals surface area contributed by atoms with Gasteiger partial charge in [-0.25, -0.2) is 0 Å². The zero-order chi connectivity index (χ0) is 13.7. The molecule has 0 aliphatic carbocycles. The molecule has 1 heterocycles. The number of rotatable bonds is 5. The minimum atomic E-state index is 0.0583. The van der Waals surface area contributed by atoms with E-state index in [1.807, 2.05) is 49.5 Å². The van der Waals surface area contributed by atoms with Gasteiger partial charge in [-0.15, -0.1) is 0 Å². The molecule has 1 aromatic carbocycles. The second-order valence-corrected chi connectivity index (χ2v) is 5.27. The highest BCUT2D eigenvalue weighted by Gasteiger charge is 2.01. The van der Waals surface area contributed by atoms with E-state index in [1.165, 1.54) is 0 Å². The van der Waals surface area contributed by atoms with Gasteiger partial charge in [0.05, 0.1) is 6.61 Å². The molecule has 0 radical (unpaired) electrons. The van der Waals surface area contributed by atoms with E-state index in [-0.39, 0.29) is 5.56 Å². The van der Waals surface area contributed by atoms with Gasteiger partial charge in [0.2, 0.25) is 0 Å². The molecular weight excluding hydrogens is 306 g/mol. The third-order valence-corrected chi connectivity index (χ3v) is 3.22. The topological polar surface area (TPSA) is 31.2 Å². The molecule has 0 fully saturated rings. The van der Waals surface area contributed by atoms with Crippen molar-refractivity contribution >= 4 is 15.9 Å². The molecule has 1 aromatic heterocycles. The highest BCUT2D eigenvalue weighted by molar-refractivity contribution is 9.10. The van der Waals surface area contributed by atoms with E-state index in [1.54, 1.807) is 4.57 Å². The molecule has 0 unspecified atom stereocenters. The lowest BCUT2D eigenvalue weighted by atomic mass is 10.3. The van der Waals surface area contributed by atoms with Gasteiger partial charge in [-0.05, 0) is 47.5 Å². The lowest BCUT2D eigenvalue weighted by molar-refractivity contribution is 0.301. The fourth-order valence-corrected chi connectivity index (χ4v) is 2.44. The van der Waals surface area contributed by atoms with Gasteiger partial charge in [-0.1, -0.05) is 18.2 Å². The van der Waals surface area contributed by atoms with E-state index >= 15 is 0 Å². The van der Waals surface area contributed by atoms with E-state index in [9.17, 15) is 4.79 Å². The number of hydrogen-bond acceptors (Lipinski definition) is 2. The Morgan fingerprint density at radius 2 is 2.00 bits per heavy atom. The molecule has 0 bridgehead atoms.